The van der Waals surface area contributed by atoms with E-state index in [4.69, 9.17) is 0 Å². The third-order valence-electron chi connectivity index (χ3n) is 5.43. The molecule has 1 atom stereocenters. The first kappa shape index (κ1) is 18.7. The number of nitrogens with one attached hydrogen (secondary N) is 4. The number of rotatable bonds is 6. The number of hydrogen-bond acceptors (Lipinski definition) is 5. The number of carbonyl (C=O) groups excluding carboxylic acids is 2. The molecule has 2 aromatic rings. The number of hydrogen-bond donors (Lipinski definition) is 4. The van der Waals surface area contributed by atoms with Crippen LogP contribution in [0.1, 0.15) is 19.8 Å². The minimum atomic E-state index is -0.275. The molecule has 1 aliphatic carbocycles. The van der Waals surface area contributed by atoms with Gasteiger partial charge in [0.15, 0.2) is 0 Å². The van der Waals surface area contributed by atoms with Gasteiger partial charge < -0.3 is 20.6 Å². The van der Waals surface area contributed by atoms with Crippen molar-refractivity contribution in [1.82, 2.24) is 25.1 Å². The van der Waals surface area contributed by atoms with Crippen molar-refractivity contribution in [3.05, 3.63) is 28.7 Å². The van der Waals surface area contributed by atoms with Gasteiger partial charge in [0.05, 0.1) is 23.6 Å². The van der Waals surface area contributed by atoms with Crippen molar-refractivity contribution in [1.29, 1.82) is 0 Å². The molecule has 9 nitrogen and oxygen atoms in total. The summed E-state index contributed by atoms with van der Waals surface area (Å²) in [7, 11) is 0. The van der Waals surface area contributed by atoms with Crippen LogP contribution in [0.25, 0.3) is 11.0 Å². The summed E-state index contributed by atoms with van der Waals surface area (Å²) >= 11 is 0. The van der Waals surface area contributed by atoms with E-state index in [0.29, 0.717) is 29.3 Å². The molecule has 0 unspecified atom stereocenters. The fourth-order valence-electron chi connectivity index (χ4n) is 3.54. The third-order valence-corrected chi connectivity index (χ3v) is 5.43. The molecule has 0 radical (unpaired) electrons. The summed E-state index contributed by atoms with van der Waals surface area (Å²) in [6.07, 6.45) is 2.19. The van der Waals surface area contributed by atoms with Gasteiger partial charge >= 0.3 is 5.69 Å². The van der Waals surface area contributed by atoms with Crippen LogP contribution in [0.4, 0.5) is 5.69 Å². The molecule has 4 N–H and O–H groups in total. The zero-order valence-corrected chi connectivity index (χ0v) is 16.0. The molecule has 1 aromatic carbocycles. The van der Waals surface area contributed by atoms with E-state index in [9.17, 15) is 14.4 Å². The molecule has 9 heteroatoms. The Hall–Kier alpha value is -2.65. The molecule has 1 saturated carbocycles. The average molecular weight is 386 g/mol. The number of aromatic amines is 2. The molecule has 150 valence electrons. The molecule has 1 aromatic heterocycles. The van der Waals surface area contributed by atoms with Crippen molar-refractivity contribution in [2.75, 3.05) is 38.0 Å². The number of amides is 2. The maximum atomic E-state index is 12.6. The normalized spacial score (nSPS) is 19.5. The van der Waals surface area contributed by atoms with Gasteiger partial charge in [0.25, 0.3) is 0 Å². The van der Waals surface area contributed by atoms with Gasteiger partial charge in [-0.15, -0.1) is 0 Å². The molecular weight excluding hydrogens is 360 g/mol. The summed E-state index contributed by atoms with van der Waals surface area (Å²) in [6.45, 7) is 5.35. The lowest BCUT2D eigenvalue weighted by Gasteiger charge is -2.37. The summed E-state index contributed by atoms with van der Waals surface area (Å²) < 4.78 is 0. The molecule has 0 bridgehead atoms. The lowest BCUT2D eigenvalue weighted by atomic mass is 10.2. The fourth-order valence-corrected chi connectivity index (χ4v) is 3.54. The van der Waals surface area contributed by atoms with E-state index in [1.165, 1.54) is 0 Å². The van der Waals surface area contributed by atoms with E-state index in [2.05, 4.69) is 30.4 Å². The zero-order chi connectivity index (χ0) is 19.7. The molecule has 1 saturated heterocycles. The highest BCUT2D eigenvalue weighted by molar-refractivity contribution is 5.96. The quantitative estimate of drug-likeness (QED) is 0.562. The number of piperazine rings is 1. The largest absolute Gasteiger partial charge is 0.352 e. The Labute approximate surface area is 162 Å². The van der Waals surface area contributed by atoms with Crippen LogP contribution in [-0.2, 0) is 9.59 Å². The van der Waals surface area contributed by atoms with Crippen LogP contribution in [0.15, 0.2) is 23.0 Å². The maximum Gasteiger partial charge on any atom is 0.323 e. The minimum Gasteiger partial charge on any atom is -0.352 e. The summed E-state index contributed by atoms with van der Waals surface area (Å²) in [4.78, 5) is 45.5. The smallest absolute Gasteiger partial charge is 0.323 e. The van der Waals surface area contributed by atoms with Crippen LogP contribution < -0.4 is 16.3 Å². The maximum absolute atomic E-state index is 12.6. The lowest BCUT2D eigenvalue weighted by Crippen LogP contribution is -2.54. The van der Waals surface area contributed by atoms with Crippen LogP contribution in [0.5, 0.6) is 0 Å². The molecule has 2 aliphatic rings. The number of benzene rings is 1. The topological polar surface area (TPSA) is 113 Å². The molecule has 2 fully saturated rings. The molecule has 0 spiro atoms. The van der Waals surface area contributed by atoms with Crippen molar-refractivity contribution >= 4 is 28.5 Å². The van der Waals surface area contributed by atoms with Crippen LogP contribution in [0.2, 0.25) is 0 Å². The standard InChI is InChI=1S/C19H26N6O3/c1-12(18(27)21-14-4-5-15-16(10-14)23-19(28)22-15)25-8-6-24(7-9-25)11-17(26)20-13-2-3-13/h4-5,10,12-13H,2-3,6-9,11H2,1H3,(H,20,26)(H,21,27)(H2,22,23,28)/t12-/m1/s1. The number of aromatic nitrogens is 2. The predicted octanol–water partition coefficient (Wildman–Crippen LogP) is 0.0794. The van der Waals surface area contributed by atoms with Crippen molar-refractivity contribution in [3.8, 4) is 0 Å². The number of imidazole rings is 1. The Morgan fingerprint density at radius 2 is 1.86 bits per heavy atom. The second-order valence-corrected chi connectivity index (χ2v) is 7.66. The molecule has 2 heterocycles. The molecular formula is C19H26N6O3. The minimum absolute atomic E-state index is 0.0860. The van der Waals surface area contributed by atoms with Gasteiger partial charge in [0, 0.05) is 37.9 Å². The monoisotopic (exact) mass is 386 g/mol. The third kappa shape index (κ3) is 4.42. The molecule has 2 amide bonds. The highest BCUT2D eigenvalue weighted by Crippen LogP contribution is 2.18. The second-order valence-electron chi connectivity index (χ2n) is 7.66. The van der Waals surface area contributed by atoms with Gasteiger partial charge in [-0.2, -0.15) is 0 Å². The van der Waals surface area contributed by atoms with Crippen LogP contribution in [0, 0.1) is 0 Å². The van der Waals surface area contributed by atoms with E-state index in [0.717, 1.165) is 39.0 Å². The van der Waals surface area contributed by atoms with Crippen LogP contribution in [-0.4, -0.2) is 76.4 Å². The highest BCUT2D eigenvalue weighted by Gasteiger charge is 2.28. The highest BCUT2D eigenvalue weighted by atomic mass is 16.2. The van der Waals surface area contributed by atoms with Gasteiger partial charge in [0.2, 0.25) is 11.8 Å². The van der Waals surface area contributed by atoms with Crippen molar-refractivity contribution in [3.63, 3.8) is 0 Å². The SMILES string of the molecule is C[C@H](C(=O)Nc1ccc2[nH]c(=O)[nH]c2c1)N1CCN(CC(=O)NC2CC2)CC1. The molecule has 1 aliphatic heterocycles. The summed E-state index contributed by atoms with van der Waals surface area (Å²) in [5, 5.41) is 5.93. The van der Waals surface area contributed by atoms with Crippen molar-refractivity contribution in [2.45, 2.75) is 31.8 Å². The van der Waals surface area contributed by atoms with Gasteiger partial charge in [0.1, 0.15) is 0 Å². The van der Waals surface area contributed by atoms with Gasteiger partial charge in [-0.25, -0.2) is 4.79 Å². The van der Waals surface area contributed by atoms with Gasteiger partial charge in [-0.3, -0.25) is 19.4 Å². The number of nitrogens with zero attached hydrogens (tertiary/aromatic N) is 2. The van der Waals surface area contributed by atoms with Crippen molar-refractivity contribution < 1.29 is 9.59 Å². The summed E-state index contributed by atoms with van der Waals surface area (Å²) in [5.74, 6) is 0.0112. The number of anilines is 1. The Bertz CT molecular complexity index is 923. The van der Waals surface area contributed by atoms with Gasteiger partial charge in [-0.1, -0.05) is 0 Å². The first-order valence-electron chi connectivity index (χ1n) is 9.76. The Balaban J connectivity index is 1.27. The van der Waals surface area contributed by atoms with Crippen LogP contribution >= 0.6 is 0 Å². The summed E-state index contributed by atoms with van der Waals surface area (Å²) in [5.41, 5.74) is 1.75. The second kappa shape index (κ2) is 7.76. The van der Waals surface area contributed by atoms with E-state index in [1.54, 1.807) is 18.2 Å². The Morgan fingerprint density at radius 3 is 2.57 bits per heavy atom. The van der Waals surface area contributed by atoms with Gasteiger partial charge in [-0.05, 0) is 38.0 Å². The lowest BCUT2D eigenvalue weighted by molar-refractivity contribution is -0.124. The van der Waals surface area contributed by atoms with Crippen molar-refractivity contribution in [2.24, 2.45) is 0 Å². The average Bonchev–Trinajstić information content (AvgIpc) is 3.39. The number of H-pyrrole nitrogens is 2. The van der Waals surface area contributed by atoms with E-state index >= 15 is 0 Å². The number of fused-ring (bicyclic) bond motifs is 1. The van der Waals surface area contributed by atoms with E-state index in [-0.39, 0.29) is 23.5 Å². The predicted molar refractivity (Wildman–Crippen MR) is 106 cm³/mol. The summed E-state index contributed by atoms with van der Waals surface area (Å²) in [6, 6.07) is 5.39. The van der Waals surface area contributed by atoms with E-state index < -0.39 is 0 Å². The van der Waals surface area contributed by atoms with Crippen LogP contribution in [0.3, 0.4) is 0 Å². The molecule has 28 heavy (non-hydrogen) atoms. The molecule has 4 rings (SSSR count). The first-order chi connectivity index (χ1) is 13.5. The zero-order valence-electron chi connectivity index (χ0n) is 16.0. The fraction of sp³-hybridized carbons (Fsp3) is 0.526. The first-order valence-corrected chi connectivity index (χ1v) is 9.76. The Kier molecular flexibility index (Phi) is 5.19. The number of carbonyl (C=O) groups is 2. The van der Waals surface area contributed by atoms with E-state index in [1.807, 2.05) is 6.92 Å². The Morgan fingerprint density at radius 1 is 1.14 bits per heavy atom.